The van der Waals surface area contributed by atoms with E-state index in [-0.39, 0.29) is 46.8 Å². The van der Waals surface area contributed by atoms with E-state index in [4.69, 9.17) is 11.6 Å². The highest BCUT2D eigenvalue weighted by molar-refractivity contribution is 7.10. The van der Waals surface area contributed by atoms with E-state index in [0.717, 1.165) is 17.4 Å². The van der Waals surface area contributed by atoms with Crippen LogP contribution in [-0.4, -0.2) is 52.9 Å². The van der Waals surface area contributed by atoms with Gasteiger partial charge in [-0.1, -0.05) is 35.1 Å². The molecule has 0 unspecified atom stereocenters. The number of hydrogen-bond donors (Lipinski definition) is 2. The lowest BCUT2D eigenvalue weighted by molar-refractivity contribution is -0.138. The lowest BCUT2D eigenvalue weighted by Crippen LogP contribution is -2.48. The fraction of sp³-hybridized carbons (Fsp3) is 0.280. The Morgan fingerprint density at radius 2 is 1.97 bits per heavy atom. The Morgan fingerprint density at radius 3 is 2.74 bits per heavy atom. The first kappa shape index (κ1) is 26.1. The summed E-state index contributed by atoms with van der Waals surface area (Å²) in [5, 5.41) is 22.8. The van der Waals surface area contributed by atoms with Crippen LogP contribution >= 0.6 is 22.9 Å². The molecule has 38 heavy (non-hydrogen) atoms. The SMILES string of the molecule is O=C1CN(CCn2c(O)c(C(Cc3ccc(Cl)cc3C(F)(F)F)=c3ccc4c(c3)C=NN=4)sc2=O)CCN1. The second-order valence-electron chi connectivity index (χ2n) is 8.87. The van der Waals surface area contributed by atoms with Gasteiger partial charge in [0, 0.05) is 43.2 Å². The molecule has 13 heteroatoms. The van der Waals surface area contributed by atoms with E-state index in [0.29, 0.717) is 41.3 Å². The normalized spacial score (nSPS) is 16.3. The fourth-order valence-corrected chi connectivity index (χ4v) is 5.62. The summed E-state index contributed by atoms with van der Waals surface area (Å²) < 4.78 is 42.8. The second kappa shape index (κ2) is 10.4. The molecule has 0 saturated carbocycles. The van der Waals surface area contributed by atoms with Crippen LogP contribution in [0.2, 0.25) is 5.02 Å². The van der Waals surface area contributed by atoms with Gasteiger partial charge in [-0.05, 0) is 40.6 Å². The van der Waals surface area contributed by atoms with E-state index in [1.165, 1.54) is 22.9 Å². The number of alkyl halides is 3. The first-order valence-corrected chi connectivity index (χ1v) is 12.8. The maximum atomic E-state index is 13.9. The minimum absolute atomic E-state index is 0.0527. The zero-order valence-electron chi connectivity index (χ0n) is 19.8. The van der Waals surface area contributed by atoms with Crippen LogP contribution in [0, 0.1) is 0 Å². The van der Waals surface area contributed by atoms with E-state index < -0.39 is 16.6 Å². The molecule has 1 aromatic heterocycles. The lowest BCUT2D eigenvalue weighted by Gasteiger charge is -2.26. The van der Waals surface area contributed by atoms with Crippen LogP contribution in [0.5, 0.6) is 5.88 Å². The van der Waals surface area contributed by atoms with Crippen molar-refractivity contribution < 1.29 is 23.1 Å². The molecule has 0 spiro atoms. The van der Waals surface area contributed by atoms with Gasteiger partial charge in [0.05, 0.1) is 28.6 Å². The van der Waals surface area contributed by atoms with Crippen molar-refractivity contribution in [1.29, 1.82) is 0 Å². The molecule has 1 fully saturated rings. The number of nitrogens with zero attached hydrogens (tertiary/aromatic N) is 4. The topological polar surface area (TPSA) is 99.3 Å². The quantitative estimate of drug-likeness (QED) is 0.480. The molecule has 1 saturated heterocycles. The van der Waals surface area contributed by atoms with Gasteiger partial charge in [0.15, 0.2) is 0 Å². The fourth-order valence-electron chi connectivity index (χ4n) is 4.48. The van der Waals surface area contributed by atoms with Crippen molar-refractivity contribution in [2.75, 3.05) is 26.2 Å². The zero-order valence-corrected chi connectivity index (χ0v) is 21.3. The third-order valence-electron chi connectivity index (χ3n) is 6.38. The van der Waals surface area contributed by atoms with Gasteiger partial charge in [-0.3, -0.25) is 19.1 Å². The highest BCUT2D eigenvalue weighted by atomic mass is 35.5. The molecule has 0 bridgehead atoms. The van der Waals surface area contributed by atoms with Crippen molar-refractivity contribution in [3.8, 4) is 5.88 Å². The van der Waals surface area contributed by atoms with Gasteiger partial charge in [-0.25, -0.2) is 0 Å². The molecule has 3 heterocycles. The number of aromatic hydroxyl groups is 1. The Labute approximate surface area is 223 Å². The number of carbonyl (C=O) groups excluding carboxylic acids is 1. The highest BCUT2D eigenvalue weighted by Crippen LogP contribution is 2.37. The van der Waals surface area contributed by atoms with E-state index >= 15 is 0 Å². The van der Waals surface area contributed by atoms with Crippen LogP contribution in [0.3, 0.4) is 0 Å². The summed E-state index contributed by atoms with van der Waals surface area (Å²) in [5.41, 5.74) is 0.0650. The standard InChI is InChI=1S/C25H21ClF3N5O3S/c26-17-3-1-15(19(11-17)25(27,28)29)10-18(14-2-4-20-16(9-14)12-31-32-20)22-23(36)34(24(37)38-22)8-7-33-6-5-30-21(35)13-33/h1-4,9,11-12,36H,5-8,10,13H2,(H,30,35). The van der Waals surface area contributed by atoms with Crippen LogP contribution in [0.15, 0.2) is 51.4 Å². The Bertz CT molecular complexity index is 1630. The average molecular weight is 564 g/mol. The van der Waals surface area contributed by atoms with Crippen LogP contribution in [0.25, 0.3) is 5.57 Å². The summed E-state index contributed by atoms with van der Waals surface area (Å²) in [5.74, 6) is -0.456. The first-order valence-electron chi connectivity index (χ1n) is 11.6. The lowest BCUT2D eigenvalue weighted by atomic mass is 9.96. The van der Waals surface area contributed by atoms with Crippen molar-refractivity contribution in [3.63, 3.8) is 0 Å². The molecule has 5 rings (SSSR count). The van der Waals surface area contributed by atoms with Crippen molar-refractivity contribution >= 4 is 40.6 Å². The number of amides is 1. The van der Waals surface area contributed by atoms with Crippen molar-refractivity contribution in [2.45, 2.75) is 19.1 Å². The number of piperazine rings is 1. The van der Waals surface area contributed by atoms with Crippen molar-refractivity contribution in [2.24, 2.45) is 10.2 Å². The molecule has 2 aromatic carbocycles. The molecule has 8 nitrogen and oxygen atoms in total. The summed E-state index contributed by atoms with van der Waals surface area (Å²) in [4.78, 5) is 26.2. The van der Waals surface area contributed by atoms with E-state index in [9.17, 15) is 27.9 Å². The Morgan fingerprint density at radius 1 is 1.16 bits per heavy atom. The molecule has 0 radical (unpaired) electrons. The van der Waals surface area contributed by atoms with Gasteiger partial charge in [-0.15, -0.1) is 0 Å². The summed E-state index contributed by atoms with van der Waals surface area (Å²) in [7, 11) is 0. The molecular weight excluding hydrogens is 543 g/mol. The number of aromatic nitrogens is 1. The maximum absolute atomic E-state index is 13.9. The molecule has 2 aliphatic rings. The minimum atomic E-state index is -4.66. The zero-order chi connectivity index (χ0) is 27.0. The molecule has 2 aliphatic heterocycles. The number of carbonyl (C=O) groups is 1. The Kier molecular flexibility index (Phi) is 7.12. The number of rotatable bonds is 6. The number of fused-ring (bicyclic) bond motifs is 1. The molecule has 198 valence electrons. The number of hydrogen-bond acceptors (Lipinski definition) is 7. The number of nitrogens with one attached hydrogen (secondary N) is 1. The predicted molar refractivity (Wildman–Crippen MR) is 137 cm³/mol. The van der Waals surface area contributed by atoms with Crippen molar-refractivity contribution in [3.05, 3.63) is 83.2 Å². The van der Waals surface area contributed by atoms with E-state index in [1.807, 2.05) is 4.90 Å². The monoisotopic (exact) mass is 563 g/mol. The van der Waals surface area contributed by atoms with Crippen LogP contribution in [-0.2, 0) is 23.9 Å². The van der Waals surface area contributed by atoms with Gasteiger partial charge < -0.3 is 10.4 Å². The smallest absolute Gasteiger partial charge is 0.416 e. The van der Waals surface area contributed by atoms with Crippen LogP contribution < -0.4 is 20.8 Å². The van der Waals surface area contributed by atoms with Crippen molar-refractivity contribution in [1.82, 2.24) is 14.8 Å². The number of benzene rings is 2. The third kappa shape index (κ3) is 5.38. The number of halogens is 4. The van der Waals surface area contributed by atoms with Gasteiger partial charge >= 0.3 is 11.0 Å². The molecule has 1 amide bonds. The minimum Gasteiger partial charge on any atom is -0.493 e. The Balaban J connectivity index is 1.59. The van der Waals surface area contributed by atoms with Gasteiger partial charge in [0.2, 0.25) is 11.8 Å². The third-order valence-corrected chi connectivity index (χ3v) is 7.65. The molecule has 0 aliphatic carbocycles. The number of thiazole rings is 1. The van der Waals surface area contributed by atoms with Gasteiger partial charge in [-0.2, -0.15) is 23.4 Å². The second-order valence-corrected chi connectivity index (χ2v) is 10.3. The molecule has 0 atom stereocenters. The summed E-state index contributed by atoms with van der Waals surface area (Å²) in [6.45, 7) is 1.74. The van der Waals surface area contributed by atoms with E-state index in [2.05, 4.69) is 15.5 Å². The summed E-state index contributed by atoms with van der Waals surface area (Å²) >= 11 is 6.63. The highest BCUT2D eigenvalue weighted by Gasteiger charge is 2.34. The van der Waals surface area contributed by atoms with Gasteiger partial charge in [0.1, 0.15) is 0 Å². The van der Waals surface area contributed by atoms with E-state index in [1.54, 1.807) is 18.2 Å². The maximum Gasteiger partial charge on any atom is 0.416 e. The average Bonchev–Trinajstić information content (AvgIpc) is 3.44. The molecule has 3 aromatic rings. The predicted octanol–water partition coefficient (Wildman–Crippen LogP) is 2.13. The summed E-state index contributed by atoms with van der Waals surface area (Å²) in [6, 6.07) is 8.62. The molecule has 2 N–H and O–H groups in total. The van der Waals surface area contributed by atoms with Gasteiger partial charge in [0.25, 0.3) is 0 Å². The first-order chi connectivity index (χ1) is 18.1. The molecular formula is C25H21ClF3N5O3S. The summed E-state index contributed by atoms with van der Waals surface area (Å²) in [6.07, 6.45) is -3.35. The van der Waals surface area contributed by atoms with Crippen LogP contribution in [0.1, 0.15) is 21.6 Å². The van der Waals surface area contributed by atoms with Crippen LogP contribution in [0.4, 0.5) is 13.2 Å². The Hall–Kier alpha value is -3.48. The largest absolute Gasteiger partial charge is 0.493 e.